The molecule has 0 saturated carbocycles. The highest BCUT2D eigenvalue weighted by Crippen LogP contribution is 2.19. The number of aliphatic carboxylic acids is 1. The summed E-state index contributed by atoms with van der Waals surface area (Å²) in [4.78, 5) is 17.5. The summed E-state index contributed by atoms with van der Waals surface area (Å²) in [6, 6.07) is 10.1. The number of pyridine rings is 1. The van der Waals surface area contributed by atoms with E-state index < -0.39 is 5.97 Å². The third-order valence-corrected chi connectivity index (χ3v) is 3.59. The van der Waals surface area contributed by atoms with Crippen LogP contribution in [0.25, 0.3) is 10.9 Å². The number of hydrogen-bond donors (Lipinski definition) is 1. The number of hydrogen-bond acceptors (Lipinski definition) is 3. The quantitative estimate of drug-likeness (QED) is 0.878. The lowest BCUT2D eigenvalue weighted by Crippen LogP contribution is -2.34. The summed E-state index contributed by atoms with van der Waals surface area (Å²) in [5.74, 6) is -0.757. The fourth-order valence-corrected chi connectivity index (χ4v) is 2.47. The van der Waals surface area contributed by atoms with E-state index in [1.54, 1.807) is 6.20 Å². The molecule has 0 amide bonds. The van der Waals surface area contributed by atoms with E-state index in [0.29, 0.717) is 0 Å². The highest BCUT2D eigenvalue weighted by Gasteiger charge is 2.16. The maximum atomic E-state index is 10.9. The minimum atomic E-state index is -0.757. The molecule has 1 N–H and O–H groups in total. The van der Waals surface area contributed by atoms with Crippen LogP contribution in [-0.4, -0.2) is 33.5 Å². The van der Waals surface area contributed by atoms with Gasteiger partial charge in [0.25, 0.3) is 0 Å². The number of carboxylic acid groups (broad SMARTS) is 1. The van der Waals surface area contributed by atoms with E-state index in [1.807, 2.05) is 31.2 Å². The molecule has 0 fully saturated rings. The van der Waals surface area contributed by atoms with Gasteiger partial charge in [0, 0.05) is 24.2 Å². The van der Waals surface area contributed by atoms with Crippen molar-refractivity contribution in [3.8, 4) is 0 Å². The predicted molar refractivity (Wildman–Crippen MR) is 79.5 cm³/mol. The van der Waals surface area contributed by atoms with Crippen LogP contribution in [0.1, 0.15) is 25.8 Å². The Balaban J connectivity index is 2.23. The molecule has 1 aromatic carbocycles. The summed E-state index contributed by atoms with van der Waals surface area (Å²) < 4.78 is 0. The molecule has 20 heavy (non-hydrogen) atoms. The fraction of sp³-hybridized carbons (Fsp3) is 0.375. The molecule has 4 heteroatoms. The number of nitrogens with zero attached hydrogens (tertiary/aromatic N) is 2. The molecule has 2 aromatic rings. The third kappa shape index (κ3) is 3.33. The first-order valence-electron chi connectivity index (χ1n) is 6.90. The van der Waals surface area contributed by atoms with Gasteiger partial charge in [0.2, 0.25) is 0 Å². The molecule has 4 nitrogen and oxygen atoms in total. The van der Waals surface area contributed by atoms with Gasteiger partial charge in [0.15, 0.2) is 0 Å². The summed E-state index contributed by atoms with van der Waals surface area (Å²) in [6.07, 6.45) is 1.95. The Morgan fingerprint density at radius 2 is 2.10 bits per heavy atom. The van der Waals surface area contributed by atoms with Gasteiger partial charge in [-0.25, -0.2) is 0 Å². The van der Waals surface area contributed by atoms with Gasteiger partial charge in [-0.05, 0) is 25.1 Å². The second-order valence-corrected chi connectivity index (χ2v) is 5.00. The Hall–Kier alpha value is -1.94. The van der Waals surface area contributed by atoms with Crippen LogP contribution in [0.2, 0.25) is 0 Å². The van der Waals surface area contributed by atoms with Crippen LogP contribution in [0.4, 0.5) is 0 Å². The Morgan fingerprint density at radius 1 is 1.35 bits per heavy atom. The van der Waals surface area contributed by atoms with E-state index in [9.17, 15) is 4.79 Å². The summed E-state index contributed by atoms with van der Waals surface area (Å²) in [5.41, 5.74) is 2.14. The lowest BCUT2D eigenvalue weighted by atomic mass is 10.1. The largest absolute Gasteiger partial charge is 0.481 e. The van der Waals surface area contributed by atoms with Crippen molar-refractivity contribution < 1.29 is 9.90 Å². The molecular formula is C16H20N2O2. The van der Waals surface area contributed by atoms with Gasteiger partial charge < -0.3 is 5.11 Å². The molecule has 106 valence electrons. The van der Waals surface area contributed by atoms with Crippen LogP contribution in [0, 0.1) is 0 Å². The zero-order valence-electron chi connectivity index (χ0n) is 11.9. The summed E-state index contributed by atoms with van der Waals surface area (Å²) in [6.45, 7) is 5.55. The Kier molecular flexibility index (Phi) is 4.69. The molecular weight excluding hydrogens is 252 g/mol. The van der Waals surface area contributed by atoms with Crippen LogP contribution in [0.3, 0.4) is 0 Å². The zero-order valence-corrected chi connectivity index (χ0v) is 11.9. The van der Waals surface area contributed by atoms with Crippen LogP contribution in [0.5, 0.6) is 0 Å². The van der Waals surface area contributed by atoms with Gasteiger partial charge in [0.05, 0.1) is 11.9 Å². The van der Waals surface area contributed by atoms with Gasteiger partial charge in [-0.1, -0.05) is 31.2 Å². The van der Waals surface area contributed by atoms with Crippen LogP contribution in [0.15, 0.2) is 36.5 Å². The summed E-state index contributed by atoms with van der Waals surface area (Å²) in [5, 5.41) is 10.0. The van der Waals surface area contributed by atoms with Gasteiger partial charge in [-0.3, -0.25) is 14.7 Å². The SMILES string of the molecule is CCN(Cc1cccc2cccnc12)C(C)CC(=O)O. The van der Waals surface area contributed by atoms with Gasteiger partial charge >= 0.3 is 5.97 Å². The van der Waals surface area contributed by atoms with Crippen molar-refractivity contribution >= 4 is 16.9 Å². The molecule has 1 heterocycles. The van der Waals surface area contributed by atoms with Crippen molar-refractivity contribution in [3.05, 3.63) is 42.1 Å². The van der Waals surface area contributed by atoms with Crippen molar-refractivity contribution in [2.24, 2.45) is 0 Å². The summed E-state index contributed by atoms with van der Waals surface area (Å²) in [7, 11) is 0. The number of carbonyl (C=O) groups is 1. The minimum Gasteiger partial charge on any atom is -0.481 e. The lowest BCUT2D eigenvalue weighted by Gasteiger charge is -2.27. The highest BCUT2D eigenvalue weighted by atomic mass is 16.4. The number of carboxylic acids is 1. The van der Waals surface area contributed by atoms with E-state index in [2.05, 4.69) is 22.9 Å². The highest BCUT2D eigenvalue weighted by molar-refractivity contribution is 5.81. The van der Waals surface area contributed by atoms with Crippen LogP contribution < -0.4 is 0 Å². The second kappa shape index (κ2) is 6.48. The molecule has 0 bridgehead atoms. The van der Waals surface area contributed by atoms with Crippen LogP contribution >= 0.6 is 0 Å². The lowest BCUT2D eigenvalue weighted by molar-refractivity contribution is -0.138. The van der Waals surface area contributed by atoms with Crippen molar-refractivity contribution in [1.29, 1.82) is 0 Å². The standard InChI is InChI=1S/C16H20N2O2/c1-3-18(12(2)10-15(19)20)11-14-7-4-6-13-8-5-9-17-16(13)14/h4-9,12H,3,10-11H2,1-2H3,(H,19,20). The summed E-state index contributed by atoms with van der Waals surface area (Å²) >= 11 is 0. The van der Waals surface area contributed by atoms with Crippen LogP contribution in [-0.2, 0) is 11.3 Å². The first-order valence-corrected chi connectivity index (χ1v) is 6.90. The maximum Gasteiger partial charge on any atom is 0.304 e. The molecule has 0 radical (unpaired) electrons. The molecule has 0 aliphatic rings. The monoisotopic (exact) mass is 272 g/mol. The molecule has 0 aliphatic heterocycles. The number of aromatic nitrogens is 1. The first kappa shape index (κ1) is 14.5. The maximum absolute atomic E-state index is 10.9. The average Bonchev–Trinajstić information content (AvgIpc) is 2.44. The number of fused-ring (bicyclic) bond motifs is 1. The minimum absolute atomic E-state index is 0.0106. The van der Waals surface area contributed by atoms with Gasteiger partial charge in [0.1, 0.15) is 0 Å². The molecule has 0 aliphatic carbocycles. The van der Waals surface area contributed by atoms with Crippen molar-refractivity contribution in [2.45, 2.75) is 32.9 Å². The first-order chi connectivity index (χ1) is 9.61. The smallest absolute Gasteiger partial charge is 0.304 e. The van der Waals surface area contributed by atoms with E-state index >= 15 is 0 Å². The topological polar surface area (TPSA) is 53.4 Å². The number of rotatable bonds is 6. The second-order valence-electron chi connectivity index (χ2n) is 5.00. The van der Waals surface area contributed by atoms with Crippen molar-refractivity contribution in [1.82, 2.24) is 9.88 Å². The average molecular weight is 272 g/mol. The number of para-hydroxylation sites is 1. The van der Waals surface area contributed by atoms with Gasteiger partial charge in [-0.2, -0.15) is 0 Å². The molecule has 1 unspecified atom stereocenters. The molecule has 2 rings (SSSR count). The molecule has 0 spiro atoms. The zero-order chi connectivity index (χ0) is 14.5. The molecule has 0 saturated heterocycles. The van der Waals surface area contributed by atoms with E-state index in [-0.39, 0.29) is 12.5 Å². The Morgan fingerprint density at radius 3 is 2.80 bits per heavy atom. The Labute approximate surface area is 119 Å². The van der Waals surface area contributed by atoms with E-state index in [1.165, 1.54) is 0 Å². The van der Waals surface area contributed by atoms with E-state index in [0.717, 1.165) is 29.6 Å². The number of benzene rings is 1. The fourth-order valence-electron chi connectivity index (χ4n) is 2.47. The normalized spacial score (nSPS) is 12.8. The van der Waals surface area contributed by atoms with Crippen molar-refractivity contribution in [3.63, 3.8) is 0 Å². The third-order valence-electron chi connectivity index (χ3n) is 3.59. The predicted octanol–water partition coefficient (Wildman–Crippen LogP) is 2.92. The molecule has 1 aromatic heterocycles. The molecule has 1 atom stereocenters. The van der Waals surface area contributed by atoms with Gasteiger partial charge in [-0.15, -0.1) is 0 Å². The van der Waals surface area contributed by atoms with Crippen molar-refractivity contribution in [2.75, 3.05) is 6.54 Å². The van der Waals surface area contributed by atoms with E-state index in [4.69, 9.17) is 5.11 Å². The Bertz CT molecular complexity index is 593.